The number of hydrogen-bond acceptors (Lipinski definition) is 3. The first kappa shape index (κ1) is 17.3. The van der Waals surface area contributed by atoms with Gasteiger partial charge in [0.15, 0.2) is 0 Å². The van der Waals surface area contributed by atoms with Gasteiger partial charge in [0.2, 0.25) is 0 Å². The van der Waals surface area contributed by atoms with Crippen LogP contribution in [0.15, 0.2) is 96.2 Å². The minimum atomic E-state index is -0.103. The van der Waals surface area contributed by atoms with Gasteiger partial charge in [0, 0.05) is 34.3 Å². The molecule has 0 unspecified atom stereocenters. The molecule has 0 saturated carbocycles. The summed E-state index contributed by atoms with van der Waals surface area (Å²) in [6.45, 7) is 0. The van der Waals surface area contributed by atoms with Crippen LogP contribution in [-0.4, -0.2) is 10.9 Å². The number of carbonyl (C=O) groups is 1. The fraction of sp³-hybridized carbons (Fsp3) is 0.0435. The fourth-order valence-electron chi connectivity index (χ4n) is 2.82. The molecular weight excluding hydrogens is 352 g/mol. The molecule has 3 nitrogen and oxygen atoms in total. The fourth-order valence-corrected chi connectivity index (χ4v) is 3.66. The quantitative estimate of drug-likeness (QED) is 0.453. The van der Waals surface area contributed by atoms with Gasteiger partial charge in [-0.2, -0.15) is 0 Å². The summed E-state index contributed by atoms with van der Waals surface area (Å²) >= 11 is 1.73. The zero-order chi connectivity index (χ0) is 18.5. The maximum absolute atomic E-state index is 12.5. The van der Waals surface area contributed by atoms with E-state index in [0.29, 0.717) is 5.56 Å². The number of rotatable bonds is 5. The van der Waals surface area contributed by atoms with Crippen molar-refractivity contribution in [1.82, 2.24) is 4.98 Å². The highest BCUT2D eigenvalue weighted by atomic mass is 32.2. The average molecular weight is 370 g/mol. The van der Waals surface area contributed by atoms with Crippen molar-refractivity contribution >= 4 is 34.1 Å². The predicted octanol–water partition coefficient (Wildman–Crippen LogP) is 5.78. The molecule has 4 heteroatoms. The molecule has 1 heterocycles. The Morgan fingerprint density at radius 1 is 0.889 bits per heavy atom. The summed E-state index contributed by atoms with van der Waals surface area (Å²) in [6.07, 6.45) is 3.65. The summed E-state index contributed by atoms with van der Waals surface area (Å²) in [5, 5.41) is 5.24. The third-order valence-electron chi connectivity index (χ3n) is 4.25. The summed E-state index contributed by atoms with van der Waals surface area (Å²) < 4.78 is 0. The first-order chi connectivity index (χ1) is 13.3. The standard InChI is InChI=1S/C23H18N2OS/c26-23(25-21-10-7-18-5-1-2-6-20(18)14-21)19-8-11-22(12-9-19)27-16-17-4-3-13-24-15-17/h1-15H,16H2,(H,25,26). The van der Waals surface area contributed by atoms with Gasteiger partial charge in [-0.25, -0.2) is 0 Å². The van der Waals surface area contributed by atoms with Gasteiger partial charge in [0.25, 0.3) is 5.91 Å². The maximum Gasteiger partial charge on any atom is 0.255 e. The van der Waals surface area contributed by atoms with Gasteiger partial charge in [0.05, 0.1) is 0 Å². The minimum absolute atomic E-state index is 0.103. The Balaban J connectivity index is 1.41. The Hall–Kier alpha value is -3.11. The van der Waals surface area contributed by atoms with Crippen molar-refractivity contribution in [3.05, 3.63) is 102 Å². The third kappa shape index (κ3) is 4.36. The molecule has 0 radical (unpaired) electrons. The number of thioether (sulfide) groups is 1. The van der Waals surface area contributed by atoms with E-state index < -0.39 is 0 Å². The zero-order valence-corrected chi connectivity index (χ0v) is 15.4. The van der Waals surface area contributed by atoms with Gasteiger partial charge in [0.1, 0.15) is 0 Å². The number of carbonyl (C=O) groups excluding carboxylic acids is 1. The molecule has 0 atom stereocenters. The van der Waals surface area contributed by atoms with Crippen LogP contribution in [0.1, 0.15) is 15.9 Å². The van der Waals surface area contributed by atoms with Gasteiger partial charge in [-0.15, -0.1) is 11.8 Å². The number of nitrogens with one attached hydrogen (secondary N) is 1. The lowest BCUT2D eigenvalue weighted by atomic mass is 10.1. The van der Waals surface area contributed by atoms with Crippen LogP contribution in [0, 0.1) is 0 Å². The molecular formula is C23H18N2OS. The molecule has 0 aliphatic carbocycles. The van der Waals surface area contributed by atoms with Gasteiger partial charge < -0.3 is 5.32 Å². The van der Waals surface area contributed by atoms with E-state index in [1.807, 2.05) is 72.9 Å². The van der Waals surface area contributed by atoms with E-state index in [9.17, 15) is 4.79 Å². The average Bonchev–Trinajstić information content (AvgIpc) is 2.73. The van der Waals surface area contributed by atoms with Crippen LogP contribution >= 0.6 is 11.8 Å². The van der Waals surface area contributed by atoms with Crippen molar-refractivity contribution in [1.29, 1.82) is 0 Å². The number of amides is 1. The van der Waals surface area contributed by atoms with Crippen LogP contribution in [-0.2, 0) is 5.75 Å². The van der Waals surface area contributed by atoms with Crippen LogP contribution in [0.25, 0.3) is 10.8 Å². The van der Waals surface area contributed by atoms with Gasteiger partial charge in [-0.1, -0.05) is 36.4 Å². The minimum Gasteiger partial charge on any atom is -0.322 e. The topological polar surface area (TPSA) is 42.0 Å². The number of anilines is 1. The lowest BCUT2D eigenvalue weighted by Crippen LogP contribution is -2.11. The van der Waals surface area contributed by atoms with Crippen LogP contribution in [0.5, 0.6) is 0 Å². The molecule has 0 aliphatic rings. The van der Waals surface area contributed by atoms with Crippen molar-refractivity contribution in [3.8, 4) is 0 Å². The van der Waals surface area contributed by atoms with Crippen molar-refractivity contribution in [2.45, 2.75) is 10.6 Å². The first-order valence-electron chi connectivity index (χ1n) is 8.70. The highest BCUT2D eigenvalue weighted by Crippen LogP contribution is 2.23. The van der Waals surface area contributed by atoms with Crippen molar-refractivity contribution in [2.24, 2.45) is 0 Å². The summed E-state index contributed by atoms with van der Waals surface area (Å²) in [5.41, 5.74) is 2.63. The zero-order valence-electron chi connectivity index (χ0n) is 14.6. The van der Waals surface area contributed by atoms with Gasteiger partial charge in [-0.05, 0) is 58.8 Å². The van der Waals surface area contributed by atoms with E-state index in [0.717, 1.165) is 27.1 Å². The largest absolute Gasteiger partial charge is 0.322 e. The van der Waals surface area contributed by atoms with E-state index in [-0.39, 0.29) is 5.91 Å². The molecule has 27 heavy (non-hydrogen) atoms. The predicted molar refractivity (Wildman–Crippen MR) is 112 cm³/mol. The Kier molecular flexibility index (Phi) is 5.17. The number of benzene rings is 3. The number of pyridine rings is 1. The summed E-state index contributed by atoms with van der Waals surface area (Å²) in [4.78, 5) is 17.8. The number of fused-ring (bicyclic) bond motifs is 1. The van der Waals surface area contributed by atoms with Crippen molar-refractivity contribution < 1.29 is 4.79 Å². The van der Waals surface area contributed by atoms with E-state index >= 15 is 0 Å². The Labute approximate surface area is 162 Å². The second kappa shape index (κ2) is 8.06. The summed E-state index contributed by atoms with van der Waals surface area (Å²) in [5.74, 6) is 0.755. The van der Waals surface area contributed by atoms with Crippen molar-refractivity contribution in [2.75, 3.05) is 5.32 Å². The monoisotopic (exact) mass is 370 g/mol. The highest BCUT2D eigenvalue weighted by Gasteiger charge is 2.07. The smallest absolute Gasteiger partial charge is 0.255 e. The Morgan fingerprint density at radius 3 is 2.48 bits per heavy atom. The maximum atomic E-state index is 12.5. The van der Waals surface area contributed by atoms with Crippen LogP contribution in [0.2, 0.25) is 0 Å². The van der Waals surface area contributed by atoms with Crippen molar-refractivity contribution in [3.63, 3.8) is 0 Å². The third-order valence-corrected chi connectivity index (χ3v) is 5.34. The summed E-state index contributed by atoms with van der Waals surface area (Å²) in [6, 6.07) is 25.7. The van der Waals surface area contributed by atoms with E-state index in [1.165, 1.54) is 5.56 Å². The second-order valence-electron chi connectivity index (χ2n) is 6.19. The first-order valence-corrected chi connectivity index (χ1v) is 9.68. The molecule has 0 fully saturated rings. The second-order valence-corrected chi connectivity index (χ2v) is 7.24. The lowest BCUT2D eigenvalue weighted by Gasteiger charge is -2.08. The molecule has 1 N–H and O–H groups in total. The van der Waals surface area contributed by atoms with Crippen LogP contribution in [0.4, 0.5) is 5.69 Å². The normalized spacial score (nSPS) is 10.7. The van der Waals surface area contributed by atoms with Crippen LogP contribution < -0.4 is 5.32 Å². The number of hydrogen-bond donors (Lipinski definition) is 1. The van der Waals surface area contributed by atoms with Gasteiger partial charge in [-0.3, -0.25) is 9.78 Å². The molecule has 4 aromatic rings. The molecule has 1 aromatic heterocycles. The highest BCUT2D eigenvalue weighted by molar-refractivity contribution is 7.98. The van der Waals surface area contributed by atoms with Crippen LogP contribution in [0.3, 0.4) is 0 Å². The SMILES string of the molecule is O=C(Nc1ccc2ccccc2c1)c1ccc(SCc2cccnc2)cc1. The van der Waals surface area contributed by atoms with E-state index in [2.05, 4.69) is 22.4 Å². The molecule has 0 spiro atoms. The number of nitrogens with zero attached hydrogens (tertiary/aromatic N) is 1. The molecule has 0 aliphatic heterocycles. The molecule has 3 aromatic carbocycles. The molecule has 132 valence electrons. The molecule has 1 amide bonds. The molecule has 0 saturated heterocycles. The molecule has 4 rings (SSSR count). The van der Waals surface area contributed by atoms with E-state index in [4.69, 9.17) is 0 Å². The Bertz CT molecular complexity index is 1060. The summed E-state index contributed by atoms with van der Waals surface area (Å²) in [7, 11) is 0. The van der Waals surface area contributed by atoms with Gasteiger partial charge >= 0.3 is 0 Å². The Morgan fingerprint density at radius 2 is 1.70 bits per heavy atom. The number of aromatic nitrogens is 1. The lowest BCUT2D eigenvalue weighted by molar-refractivity contribution is 0.102. The molecule has 0 bridgehead atoms. The van der Waals surface area contributed by atoms with E-state index in [1.54, 1.807) is 18.0 Å².